The molecular weight excluding hydrogens is 248 g/mol. The van der Waals surface area contributed by atoms with Gasteiger partial charge in [-0.15, -0.1) is 0 Å². The van der Waals surface area contributed by atoms with Crippen molar-refractivity contribution in [1.82, 2.24) is 10.2 Å². The van der Waals surface area contributed by atoms with Gasteiger partial charge in [0.2, 0.25) is 0 Å². The van der Waals surface area contributed by atoms with E-state index in [1.807, 2.05) is 6.92 Å². The SMILES string of the molecule is CCCN(CCS(=O)(=O)CCC)C1CCNCC1. The van der Waals surface area contributed by atoms with Crippen LogP contribution in [0.2, 0.25) is 0 Å². The Labute approximate surface area is 112 Å². The lowest BCUT2D eigenvalue weighted by Gasteiger charge is -2.34. The van der Waals surface area contributed by atoms with Gasteiger partial charge in [0, 0.05) is 18.3 Å². The molecule has 0 atom stereocenters. The minimum atomic E-state index is -2.84. The zero-order valence-electron chi connectivity index (χ0n) is 11.8. The molecule has 1 saturated heterocycles. The predicted molar refractivity (Wildman–Crippen MR) is 76.7 cm³/mol. The molecule has 1 fully saturated rings. The van der Waals surface area contributed by atoms with Crippen LogP contribution in [0.4, 0.5) is 0 Å². The van der Waals surface area contributed by atoms with Gasteiger partial charge in [0.25, 0.3) is 0 Å². The Hall–Kier alpha value is -0.130. The van der Waals surface area contributed by atoms with Crippen molar-refractivity contribution in [1.29, 1.82) is 0 Å². The topological polar surface area (TPSA) is 49.4 Å². The molecule has 5 heteroatoms. The molecule has 0 saturated carbocycles. The van der Waals surface area contributed by atoms with Crippen molar-refractivity contribution in [3.05, 3.63) is 0 Å². The van der Waals surface area contributed by atoms with Crippen molar-refractivity contribution >= 4 is 9.84 Å². The molecule has 0 amide bonds. The van der Waals surface area contributed by atoms with E-state index in [9.17, 15) is 8.42 Å². The summed E-state index contributed by atoms with van der Waals surface area (Å²) in [5, 5.41) is 3.36. The molecule has 0 spiro atoms. The maximum Gasteiger partial charge on any atom is 0.151 e. The first-order chi connectivity index (χ1) is 8.59. The van der Waals surface area contributed by atoms with E-state index in [0.717, 1.165) is 45.3 Å². The summed E-state index contributed by atoms with van der Waals surface area (Å²) in [5.74, 6) is 0.657. The smallest absolute Gasteiger partial charge is 0.151 e. The third kappa shape index (κ3) is 5.67. The second kappa shape index (κ2) is 8.12. The van der Waals surface area contributed by atoms with Crippen molar-refractivity contribution in [3.8, 4) is 0 Å². The first-order valence-corrected chi connectivity index (χ1v) is 9.06. The van der Waals surface area contributed by atoms with Crippen LogP contribution < -0.4 is 5.32 Å². The van der Waals surface area contributed by atoms with Crippen LogP contribution in [-0.2, 0) is 9.84 Å². The fourth-order valence-electron chi connectivity index (χ4n) is 2.61. The zero-order chi connectivity index (χ0) is 13.4. The van der Waals surface area contributed by atoms with E-state index in [-0.39, 0.29) is 0 Å². The summed E-state index contributed by atoms with van der Waals surface area (Å²) in [6.07, 6.45) is 4.11. The second-order valence-electron chi connectivity index (χ2n) is 5.17. The monoisotopic (exact) mass is 276 g/mol. The van der Waals surface area contributed by atoms with E-state index in [1.54, 1.807) is 0 Å². The summed E-state index contributed by atoms with van der Waals surface area (Å²) < 4.78 is 23.6. The van der Waals surface area contributed by atoms with E-state index in [1.165, 1.54) is 0 Å². The third-order valence-electron chi connectivity index (χ3n) is 3.54. The molecule has 4 nitrogen and oxygen atoms in total. The number of nitrogens with one attached hydrogen (secondary N) is 1. The molecule has 1 aliphatic heterocycles. The fraction of sp³-hybridized carbons (Fsp3) is 1.00. The highest BCUT2D eigenvalue weighted by molar-refractivity contribution is 7.91. The van der Waals surface area contributed by atoms with Crippen molar-refractivity contribution in [2.24, 2.45) is 0 Å². The number of hydrogen-bond acceptors (Lipinski definition) is 4. The van der Waals surface area contributed by atoms with Crippen molar-refractivity contribution in [3.63, 3.8) is 0 Å². The Morgan fingerprint density at radius 3 is 2.28 bits per heavy atom. The lowest BCUT2D eigenvalue weighted by Crippen LogP contribution is -2.45. The summed E-state index contributed by atoms with van der Waals surface area (Å²) in [6.45, 7) is 7.94. The van der Waals surface area contributed by atoms with Gasteiger partial charge in [-0.25, -0.2) is 8.42 Å². The molecule has 0 unspecified atom stereocenters. The van der Waals surface area contributed by atoms with Gasteiger partial charge in [-0.2, -0.15) is 0 Å². The van der Waals surface area contributed by atoms with Crippen LogP contribution in [0.5, 0.6) is 0 Å². The van der Waals surface area contributed by atoms with Crippen LogP contribution in [0.1, 0.15) is 39.5 Å². The minimum absolute atomic E-state index is 0.324. The number of piperidine rings is 1. The van der Waals surface area contributed by atoms with Crippen LogP contribution in [0.3, 0.4) is 0 Å². The Bertz CT molecular complexity index is 311. The number of rotatable bonds is 8. The zero-order valence-corrected chi connectivity index (χ0v) is 12.6. The number of nitrogens with zero attached hydrogens (tertiary/aromatic N) is 1. The van der Waals surface area contributed by atoms with Gasteiger partial charge in [0.1, 0.15) is 0 Å². The highest BCUT2D eigenvalue weighted by Gasteiger charge is 2.21. The molecule has 0 aromatic heterocycles. The first kappa shape index (κ1) is 15.9. The van der Waals surface area contributed by atoms with Gasteiger partial charge in [0.15, 0.2) is 9.84 Å². The molecule has 0 aromatic rings. The quantitative estimate of drug-likeness (QED) is 0.725. The molecule has 1 heterocycles. The molecule has 18 heavy (non-hydrogen) atoms. The van der Waals surface area contributed by atoms with Crippen LogP contribution in [0.25, 0.3) is 0 Å². The predicted octanol–water partition coefficient (Wildman–Crippen LogP) is 1.28. The van der Waals surface area contributed by atoms with E-state index in [0.29, 0.717) is 24.1 Å². The Morgan fingerprint density at radius 1 is 1.06 bits per heavy atom. The largest absolute Gasteiger partial charge is 0.317 e. The van der Waals surface area contributed by atoms with Gasteiger partial charge in [-0.1, -0.05) is 13.8 Å². The number of hydrogen-bond donors (Lipinski definition) is 1. The summed E-state index contributed by atoms with van der Waals surface area (Å²) >= 11 is 0. The molecule has 0 aliphatic carbocycles. The van der Waals surface area contributed by atoms with Crippen molar-refractivity contribution in [2.45, 2.75) is 45.6 Å². The van der Waals surface area contributed by atoms with Crippen LogP contribution >= 0.6 is 0 Å². The molecule has 0 radical (unpaired) electrons. The fourth-order valence-corrected chi connectivity index (χ4v) is 3.94. The van der Waals surface area contributed by atoms with Gasteiger partial charge >= 0.3 is 0 Å². The van der Waals surface area contributed by atoms with Crippen LogP contribution in [0, 0.1) is 0 Å². The Kier molecular flexibility index (Phi) is 7.19. The van der Waals surface area contributed by atoms with Gasteiger partial charge in [-0.3, -0.25) is 4.90 Å². The molecule has 1 N–H and O–H groups in total. The molecule has 108 valence electrons. The minimum Gasteiger partial charge on any atom is -0.317 e. The van der Waals surface area contributed by atoms with Gasteiger partial charge in [0.05, 0.1) is 5.75 Å². The highest BCUT2D eigenvalue weighted by Crippen LogP contribution is 2.12. The molecular formula is C13H28N2O2S. The highest BCUT2D eigenvalue weighted by atomic mass is 32.2. The number of sulfone groups is 1. The van der Waals surface area contributed by atoms with E-state index >= 15 is 0 Å². The lowest BCUT2D eigenvalue weighted by molar-refractivity contribution is 0.171. The summed E-state index contributed by atoms with van der Waals surface area (Å²) in [6, 6.07) is 0.572. The maximum absolute atomic E-state index is 11.8. The summed E-state index contributed by atoms with van der Waals surface area (Å²) in [4.78, 5) is 2.38. The first-order valence-electron chi connectivity index (χ1n) is 7.24. The molecule has 1 aliphatic rings. The maximum atomic E-state index is 11.8. The van der Waals surface area contributed by atoms with Gasteiger partial charge < -0.3 is 5.32 Å². The lowest BCUT2D eigenvalue weighted by atomic mass is 10.0. The third-order valence-corrected chi connectivity index (χ3v) is 5.38. The van der Waals surface area contributed by atoms with Crippen LogP contribution in [-0.4, -0.2) is 57.0 Å². The van der Waals surface area contributed by atoms with E-state index in [2.05, 4.69) is 17.1 Å². The van der Waals surface area contributed by atoms with Crippen molar-refractivity contribution < 1.29 is 8.42 Å². The van der Waals surface area contributed by atoms with Crippen LogP contribution in [0.15, 0.2) is 0 Å². The van der Waals surface area contributed by atoms with Gasteiger partial charge in [-0.05, 0) is 45.3 Å². The molecule has 0 aromatic carbocycles. The molecule has 1 rings (SSSR count). The standard InChI is InChI=1S/C13H28N2O2S/c1-3-9-15(13-5-7-14-8-6-13)10-12-18(16,17)11-4-2/h13-14H,3-12H2,1-2H3. The average Bonchev–Trinajstić information content (AvgIpc) is 2.35. The Morgan fingerprint density at radius 2 is 1.72 bits per heavy atom. The molecule has 0 bridgehead atoms. The van der Waals surface area contributed by atoms with E-state index < -0.39 is 9.84 Å². The second-order valence-corrected chi connectivity index (χ2v) is 7.47. The summed E-state index contributed by atoms with van der Waals surface area (Å²) in [5.41, 5.74) is 0. The normalized spacial score (nSPS) is 18.4. The summed E-state index contributed by atoms with van der Waals surface area (Å²) in [7, 11) is -2.84. The Balaban J connectivity index is 2.46. The van der Waals surface area contributed by atoms with E-state index in [4.69, 9.17) is 0 Å². The van der Waals surface area contributed by atoms with Crippen molar-refractivity contribution in [2.75, 3.05) is 37.7 Å². The average molecular weight is 276 g/mol.